The van der Waals surface area contributed by atoms with E-state index in [2.05, 4.69) is 25.3 Å². The lowest BCUT2D eigenvalue weighted by Crippen LogP contribution is -2.10. The SMILES string of the molecule is SCCCCCCCCCCCOCCOCCOCCS. The molecule has 3 nitrogen and oxygen atoms in total. The summed E-state index contributed by atoms with van der Waals surface area (Å²) >= 11 is 8.29. The Labute approximate surface area is 148 Å². The molecule has 0 aliphatic carbocycles. The summed E-state index contributed by atoms with van der Waals surface area (Å²) in [5.74, 6) is 1.80. The van der Waals surface area contributed by atoms with Crippen molar-refractivity contribution in [3.63, 3.8) is 0 Å². The van der Waals surface area contributed by atoms with Crippen LogP contribution in [0.5, 0.6) is 0 Å². The maximum atomic E-state index is 5.55. The lowest BCUT2D eigenvalue weighted by Gasteiger charge is -2.06. The molecule has 0 rings (SSSR count). The minimum Gasteiger partial charge on any atom is -0.379 e. The first kappa shape index (κ1) is 22.6. The molecule has 0 aliphatic heterocycles. The van der Waals surface area contributed by atoms with Gasteiger partial charge in [-0.15, -0.1) is 0 Å². The van der Waals surface area contributed by atoms with Gasteiger partial charge in [0, 0.05) is 12.4 Å². The standard InChI is InChI=1S/C17H36O3S2/c21-16-9-7-5-3-1-2-4-6-8-10-18-11-12-19-13-14-20-15-17-22/h21-22H,1-17H2. The minimum absolute atomic E-state index is 0.644. The summed E-state index contributed by atoms with van der Waals surface area (Å²) in [6, 6.07) is 0. The lowest BCUT2D eigenvalue weighted by atomic mass is 10.1. The van der Waals surface area contributed by atoms with Gasteiger partial charge in [-0.25, -0.2) is 0 Å². The van der Waals surface area contributed by atoms with Crippen molar-refractivity contribution in [2.45, 2.75) is 57.8 Å². The van der Waals surface area contributed by atoms with Gasteiger partial charge in [-0.1, -0.05) is 44.9 Å². The second-order valence-electron chi connectivity index (χ2n) is 5.47. The Hall–Kier alpha value is 0.580. The van der Waals surface area contributed by atoms with Crippen LogP contribution in [0.3, 0.4) is 0 Å². The Morgan fingerprint density at radius 3 is 1.27 bits per heavy atom. The van der Waals surface area contributed by atoms with Crippen molar-refractivity contribution in [1.29, 1.82) is 0 Å². The number of unbranched alkanes of at least 4 members (excludes halogenated alkanes) is 8. The van der Waals surface area contributed by atoms with Crippen LogP contribution in [-0.4, -0.2) is 51.1 Å². The maximum absolute atomic E-state index is 5.55. The molecule has 0 radical (unpaired) electrons. The van der Waals surface area contributed by atoms with Crippen LogP contribution >= 0.6 is 25.3 Å². The van der Waals surface area contributed by atoms with E-state index in [4.69, 9.17) is 14.2 Å². The van der Waals surface area contributed by atoms with Gasteiger partial charge in [0.1, 0.15) is 0 Å². The molecule has 0 bridgehead atoms. The molecular weight excluding hydrogens is 316 g/mol. The molecule has 0 N–H and O–H groups in total. The topological polar surface area (TPSA) is 27.7 Å². The fraction of sp³-hybridized carbons (Fsp3) is 1.00. The zero-order chi connectivity index (χ0) is 16.1. The second-order valence-corrected chi connectivity index (χ2v) is 6.36. The van der Waals surface area contributed by atoms with Crippen molar-refractivity contribution in [3.05, 3.63) is 0 Å². The largest absolute Gasteiger partial charge is 0.379 e. The molecule has 134 valence electrons. The predicted molar refractivity (Wildman–Crippen MR) is 102 cm³/mol. The van der Waals surface area contributed by atoms with Gasteiger partial charge in [-0.3, -0.25) is 0 Å². The van der Waals surface area contributed by atoms with E-state index in [0.29, 0.717) is 33.0 Å². The highest BCUT2D eigenvalue weighted by molar-refractivity contribution is 7.80. The zero-order valence-electron chi connectivity index (χ0n) is 14.1. The highest BCUT2D eigenvalue weighted by Gasteiger charge is 1.94. The average molecular weight is 353 g/mol. The third kappa shape index (κ3) is 20.6. The summed E-state index contributed by atoms with van der Waals surface area (Å²) in [6.45, 7) is 4.20. The van der Waals surface area contributed by atoms with Crippen molar-refractivity contribution in [2.24, 2.45) is 0 Å². The molecule has 0 heterocycles. The number of hydrogen-bond donors (Lipinski definition) is 2. The fourth-order valence-electron chi connectivity index (χ4n) is 2.16. The molecule has 0 atom stereocenters. The Morgan fingerprint density at radius 2 is 0.773 bits per heavy atom. The van der Waals surface area contributed by atoms with Gasteiger partial charge >= 0.3 is 0 Å². The maximum Gasteiger partial charge on any atom is 0.0701 e. The van der Waals surface area contributed by atoms with Crippen LogP contribution in [0.1, 0.15) is 57.8 Å². The molecule has 0 aromatic heterocycles. The normalized spacial score (nSPS) is 11.2. The first-order valence-corrected chi connectivity index (χ1v) is 10.1. The fourth-order valence-corrected chi connectivity index (χ4v) is 2.51. The number of rotatable bonds is 19. The molecule has 0 spiro atoms. The van der Waals surface area contributed by atoms with E-state index >= 15 is 0 Å². The first-order chi connectivity index (χ1) is 10.9. The Balaban J connectivity index is 2.91. The summed E-state index contributed by atoms with van der Waals surface area (Å²) in [5, 5.41) is 0. The van der Waals surface area contributed by atoms with Crippen molar-refractivity contribution in [3.8, 4) is 0 Å². The number of ether oxygens (including phenoxy) is 3. The molecule has 0 saturated carbocycles. The van der Waals surface area contributed by atoms with Crippen LogP contribution < -0.4 is 0 Å². The molecule has 0 aromatic carbocycles. The Kier molecular flexibility index (Phi) is 22.1. The monoisotopic (exact) mass is 352 g/mol. The van der Waals surface area contributed by atoms with E-state index in [9.17, 15) is 0 Å². The van der Waals surface area contributed by atoms with Crippen LogP contribution in [0.25, 0.3) is 0 Å². The predicted octanol–water partition coefficient (Wildman–Crippen LogP) is 4.41. The van der Waals surface area contributed by atoms with E-state index in [-0.39, 0.29) is 0 Å². The van der Waals surface area contributed by atoms with E-state index in [1.165, 1.54) is 57.8 Å². The van der Waals surface area contributed by atoms with Gasteiger partial charge < -0.3 is 14.2 Å². The molecule has 0 saturated heterocycles. The molecule has 0 aromatic rings. The molecular formula is C17H36O3S2. The summed E-state index contributed by atoms with van der Waals surface area (Å²) in [6.07, 6.45) is 11.9. The molecule has 5 heteroatoms. The van der Waals surface area contributed by atoms with Crippen LogP contribution in [0.2, 0.25) is 0 Å². The van der Waals surface area contributed by atoms with Crippen LogP contribution in [0, 0.1) is 0 Å². The molecule has 0 amide bonds. The third-order valence-corrected chi connectivity index (χ3v) is 3.93. The zero-order valence-corrected chi connectivity index (χ0v) is 15.9. The van der Waals surface area contributed by atoms with Crippen molar-refractivity contribution in [2.75, 3.05) is 51.1 Å². The average Bonchev–Trinajstić information content (AvgIpc) is 2.54. The highest BCUT2D eigenvalue weighted by Crippen LogP contribution is 2.09. The van der Waals surface area contributed by atoms with E-state index in [0.717, 1.165) is 18.1 Å². The molecule has 0 unspecified atom stereocenters. The summed E-state index contributed by atoms with van der Waals surface area (Å²) in [4.78, 5) is 0. The van der Waals surface area contributed by atoms with Gasteiger partial charge in [-0.05, 0) is 18.6 Å². The van der Waals surface area contributed by atoms with Crippen molar-refractivity contribution in [1.82, 2.24) is 0 Å². The van der Waals surface area contributed by atoms with Crippen molar-refractivity contribution >= 4 is 25.3 Å². The smallest absolute Gasteiger partial charge is 0.0701 e. The summed E-state index contributed by atoms with van der Waals surface area (Å²) < 4.78 is 16.2. The highest BCUT2D eigenvalue weighted by atomic mass is 32.1. The number of thiol groups is 2. The molecule has 22 heavy (non-hydrogen) atoms. The summed E-state index contributed by atoms with van der Waals surface area (Å²) in [5.41, 5.74) is 0. The van der Waals surface area contributed by atoms with E-state index in [1.807, 2.05) is 0 Å². The Morgan fingerprint density at radius 1 is 0.364 bits per heavy atom. The van der Waals surface area contributed by atoms with Crippen LogP contribution in [0.4, 0.5) is 0 Å². The Bertz CT molecular complexity index is 175. The van der Waals surface area contributed by atoms with Crippen molar-refractivity contribution < 1.29 is 14.2 Å². The van der Waals surface area contributed by atoms with Gasteiger partial charge in [-0.2, -0.15) is 25.3 Å². The van der Waals surface area contributed by atoms with Crippen LogP contribution in [-0.2, 0) is 14.2 Å². The molecule has 0 fully saturated rings. The van der Waals surface area contributed by atoms with E-state index < -0.39 is 0 Å². The first-order valence-electron chi connectivity index (χ1n) is 8.86. The lowest BCUT2D eigenvalue weighted by molar-refractivity contribution is 0.0167. The minimum atomic E-state index is 0.644. The quantitative estimate of drug-likeness (QED) is 0.266. The number of hydrogen-bond acceptors (Lipinski definition) is 5. The van der Waals surface area contributed by atoms with Gasteiger partial charge in [0.25, 0.3) is 0 Å². The third-order valence-electron chi connectivity index (χ3n) is 3.43. The van der Waals surface area contributed by atoms with Gasteiger partial charge in [0.15, 0.2) is 0 Å². The summed E-state index contributed by atoms with van der Waals surface area (Å²) in [7, 11) is 0. The molecule has 0 aliphatic rings. The van der Waals surface area contributed by atoms with Crippen LogP contribution in [0.15, 0.2) is 0 Å². The van der Waals surface area contributed by atoms with Gasteiger partial charge in [0.2, 0.25) is 0 Å². The van der Waals surface area contributed by atoms with E-state index in [1.54, 1.807) is 0 Å². The second kappa shape index (κ2) is 21.6. The van der Waals surface area contributed by atoms with Gasteiger partial charge in [0.05, 0.1) is 33.0 Å².